The maximum Gasteiger partial charge on any atom is 0.324 e. The third-order valence-corrected chi connectivity index (χ3v) is 5.97. The van der Waals surface area contributed by atoms with Crippen molar-refractivity contribution in [3.63, 3.8) is 0 Å². The molecule has 3 aliphatic heterocycles. The van der Waals surface area contributed by atoms with Gasteiger partial charge in [0.1, 0.15) is 11.3 Å². The van der Waals surface area contributed by atoms with Crippen LogP contribution in [0.25, 0.3) is 10.2 Å². The van der Waals surface area contributed by atoms with E-state index >= 15 is 0 Å². The summed E-state index contributed by atoms with van der Waals surface area (Å²) < 4.78 is 6.84. The lowest BCUT2D eigenvalue weighted by molar-refractivity contribution is 0.250. The molecule has 2 N–H and O–H groups in total. The third kappa shape index (κ3) is 2.03. The van der Waals surface area contributed by atoms with E-state index in [9.17, 15) is 4.79 Å². The van der Waals surface area contributed by atoms with Gasteiger partial charge in [-0.2, -0.15) is 0 Å². The fourth-order valence-electron chi connectivity index (χ4n) is 3.80. The zero-order valence-corrected chi connectivity index (χ0v) is 13.5. The normalized spacial score (nSPS) is 26.6. The van der Waals surface area contributed by atoms with Gasteiger partial charge in [-0.1, -0.05) is 17.4 Å². The summed E-state index contributed by atoms with van der Waals surface area (Å²) in [6.45, 7) is 2.55. The van der Waals surface area contributed by atoms with E-state index in [1.807, 2.05) is 4.90 Å². The first-order valence-electron chi connectivity index (χ1n) is 8.17. The SMILES string of the molecule is O=C1NC2CCCNCC2N1c1nc2c3c(ccc2s1)CCO3. The van der Waals surface area contributed by atoms with Crippen LogP contribution in [0.2, 0.25) is 0 Å². The highest BCUT2D eigenvalue weighted by Gasteiger charge is 2.42. The number of ether oxygens (including phenoxy) is 1. The minimum absolute atomic E-state index is 0.0275. The van der Waals surface area contributed by atoms with Crippen molar-refractivity contribution in [3.8, 4) is 5.75 Å². The van der Waals surface area contributed by atoms with Crippen molar-refractivity contribution >= 4 is 32.7 Å². The lowest BCUT2D eigenvalue weighted by atomic mass is 10.1. The highest BCUT2D eigenvalue weighted by molar-refractivity contribution is 7.22. The van der Waals surface area contributed by atoms with Gasteiger partial charge in [0, 0.05) is 13.0 Å². The molecular formula is C16H18N4O2S. The molecule has 2 amide bonds. The van der Waals surface area contributed by atoms with Gasteiger partial charge in [0.25, 0.3) is 0 Å². The zero-order chi connectivity index (χ0) is 15.4. The highest BCUT2D eigenvalue weighted by Crippen LogP contribution is 2.40. The Morgan fingerprint density at radius 2 is 2.35 bits per heavy atom. The first kappa shape index (κ1) is 13.6. The molecule has 120 valence electrons. The van der Waals surface area contributed by atoms with Gasteiger partial charge in [-0.3, -0.25) is 4.90 Å². The minimum atomic E-state index is -0.0275. The molecule has 2 atom stereocenters. The van der Waals surface area contributed by atoms with Crippen molar-refractivity contribution in [1.82, 2.24) is 15.6 Å². The predicted octanol–water partition coefficient (Wildman–Crippen LogP) is 1.88. The van der Waals surface area contributed by atoms with Crippen LogP contribution in [0, 0.1) is 0 Å². The Morgan fingerprint density at radius 1 is 1.39 bits per heavy atom. The van der Waals surface area contributed by atoms with Crippen LogP contribution in [0.15, 0.2) is 12.1 Å². The maximum absolute atomic E-state index is 12.5. The molecule has 3 aliphatic rings. The van der Waals surface area contributed by atoms with Gasteiger partial charge in [0.05, 0.1) is 23.4 Å². The Kier molecular flexibility index (Phi) is 2.99. The monoisotopic (exact) mass is 330 g/mol. The molecule has 0 saturated carbocycles. The number of carbonyl (C=O) groups is 1. The Morgan fingerprint density at radius 3 is 3.30 bits per heavy atom. The van der Waals surface area contributed by atoms with E-state index in [1.54, 1.807) is 11.3 Å². The summed E-state index contributed by atoms with van der Waals surface area (Å²) in [5.74, 6) is 0.903. The largest absolute Gasteiger partial charge is 0.491 e. The average molecular weight is 330 g/mol. The number of carbonyl (C=O) groups excluding carboxylic acids is 1. The second kappa shape index (κ2) is 5.07. The number of rotatable bonds is 1. The molecule has 2 saturated heterocycles. The maximum atomic E-state index is 12.5. The summed E-state index contributed by atoms with van der Waals surface area (Å²) in [5, 5.41) is 7.33. The molecule has 0 spiro atoms. The Balaban J connectivity index is 1.58. The molecule has 2 unspecified atom stereocenters. The minimum Gasteiger partial charge on any atom is -0.491 e. The topological polar surface area (TPSA) is 66.5 Å². The van der Waals surface area contributed by atoms with E-state index in [0.717, 1.165) is 60.1 Å². The van der Waals surface area contributed by atoms with Crippen molar-refractivity contribution in [1.29, 1.82) is 0 Å². The van der Waals surface area contributed by atoms with Crippen molar-refractivity contribution < 1.29 is 9.53 Å². The molecular weight excluding hydrogens is 312 g/mol. The van der Waals surface area contributed by atoms with Crippen LogP contribution in [0.3, 0.4) is 0 Å². The van der Waals surface area contributed by atoms with Crippen molar-refractivity contribution in [2.45, 2.75) is 31.3 Å². The highest BCUT2D eigenvalue weighted by atomic mass is 32.1. The number of benzene rings is 1. The summed E-state index contributed by atoms with van der Waals surface area (Å²) >= 11 is 1.57. The fourth-order valence-corrected chi connectivity index (χ4v) is 4.82. The Hall–Kier alpha value is -1.86. The molecule has 23 heavy (non-hydrogen) atoms. The van der Waals surface area contributed by atoms with E-state index in [-0.39, 0.29) is 18.1 Å². The van der Waals surface area contributed by atoms with E-state index < -0.39 is 0 Å². The molecule has 4 heterocycles. The van der Waals surface area contributed by atoms with Crippen LogP contribution in [-0.2, 0) is 6.42 Å². The number of fused-ring (bicyclic) bond motifs is 4. The average Bonchev–Trinajstić information content (AvgIpc) is 3.19. The van der Waals surface area contributed by atoms with Gasteiger partial charge in [-0.05, 0) is 31.0 Å². The van der Waals surface area contributed by atoms with Crippen LogP contribution in [0.5, 0.6) is 5.75 Å². The van der Waals surface area contributed by atoms with Crippen LogP contribution in [-0.4, -0.2) is 42.8 Å². The van der Waals surface area contributed by atoms with Crippen molar-refractivity contribution in [2.75, 3.05) is 24.6 Å². The van der Waals surface area contributed by atoms with Gasteiger partial charge in [-0.15, -0.1) is 0 Å². The Labute approximate surface area is 137 Å². The van der Waals surface area contributed by atoms with Gasteiger partial charge in [0.15, 0.2) is 5.13 Å². The molecule has 6 nitrogen and oxygen atoms in total. The molecule has 5 rings (SSSR count). The van der Waals surface area contributed by atoms with E-state index in [4.69, 9.17) is 9.72 Å². The number of aromatic nitrogens is 1. The summed E-state index contributed by atoms with van der Waals surface area (Å²) in [6, 6.07) is 4.54. The summed E-state index contributed by atoms with van der Waals surface area (Å²) in [7, 11) is 0. The van der Waals surface area contributed by atoms with Crippen LogP contribution in [0.1, 0.15) is 18.4 Å². The summed E-state index contributed by atoms with van der Waals surface area (Å²) in [6.07, 6.45) is 3.05. The summed E-state index contributed by atoms with van der Waals surface area (Å²) in [5.41, 5.74) is 2.12. The molecule has 0 aliphatic carbocycles. The number of urea groups is 1. The van der Waals surface area contributed by atoms with Gasteiger partial charge in [-0.25, -0.2) is 9.78 Å². The van der Waals surface area contributed by atoms with E-state index in [0.29, 0.717) is 0 Å². The number of amides is 2. The van der Waals surface area contributed by atoms with Crippen molar-refractivity contribution in [2.24, 2.45) is 0 Å². The van der Waals surface area contributed by atoms with Gasteiger partial charge < -0.3 is 15.4 Å². The van der Waals surface area contributed by atoms with E-state index in [2.05, 4.69) is 22.8 Å². The zero-order valence-electron chi connectivity index (χ0n) is 12.7. The molecule has 0 radical (unpaired) electrons. The number of hydrogen-bond donors (Lipinski definition) is 2. The first-order valence-corrected chi connectivity index (χ1v) is 8.98. The molecule has 2 fully saturated rings. The summed E-state index contributed by atoms with van der Waals surface area (Å²) in [4.78, 5) is 19.1. The molecule has 1 aromatic carbocycles. The first-order chi connectivity index (χ1) is 11.3. The number of nitrogens with zero attached hydrogens (tertiary/aromatic N) is 2. The second-order valence-electron chi connectivity index (χ2n) is 6.34. The van der Waals surface area contributed by atoms with Gasteiger partial charge >= 0.3 is 6.03 Å². The van der Waals surface area contributed by atoms with E-state index in [1.165, 1.54) is 5.56 Å². The molecule has 1 aromatic heterocycles. The molecule has 7 heteroatoms. The number of hydrogen-bond acceptors (Lipinski definition) is 5. The predicted molar refractivity (Wildman–Crippen MR) is 89.5 cm³/mol. The standard InChI is InChI=1S/C16H18N4O2S/c21-15-18-10-2-1-6-17-8-11(10)20(15)16-19-13-12(23-16)4-3-9-5-7-22-14(9)13/h3-4,10-11,17H,1-2,5-8H2,(H,18,21). The van der Waals surface area contributed by atoms with Crippen LogP contribution < -0.4 is 20.3 Å². The number of nitrogens with one attached hydrogen (secondary N) is 2. The Bertz CT molecular complexity index is 790. The van der Waals surface area contributed by atoms with Crippen molar-refractivity contribution in [3.05, 3.63) is 17.7 Å². The molecule has 0 bridgehead atoms. The molecule has 2 aromatic rings. The second-order valence-corrected chi connectivity index (χ2v) is 7.34. The fraction of sp³-hybridized carbons (Fsp3) is 0.500. The number of anilines is 1. The van der Waals surface area contributed by atoms with Gasteiger partial charge in [0.2, 0.25) is 0 Å². The number of thiazole rings is 1. The van der Waals surface area contributed by atoms with Crippen LogP contribution in [0.4, 0.5) is 9.93 Å². The smallest absolute Gasteiger partial charge is 0.324 e. The lowest BCUT2D eigenvalue weighted by Gasteiger charge is -2.22. The van der Waals surface area contributed by atoms with Crippen LogP contribution >= 0.6 is 11.3 Å². The third-order valence-electron chi connectivity index (χ3n) is 4.95. The lowest BCUT2D eigenvalue weighted by Crippen LogP contribution is -2.42. The quantitative estimate of drug-likeness (QED) is 0.838.